The lowest BCUT2D eigenvalue weighted by atomic mass is 10.0. The fourth-order valence-corrected chi connectivity index (χ4v) is 7.39. The molecule has 0 aliphatic carbocycles. The molecule has 86 valence electrons. The Labute approximate surface area is 93.1 Å². The largest absolute Gasteiger partial charge is 0.0631 e. The van der Waals surface area contributed by atoms with E-state index in [2.05, 4.69) is 48.5 Å². The lowest BCUT2D eigenvalue weighted by Gasteiger charge is -2.27. The second-order valence-electron chi connectivity index (χ2n) is 6.89. The van der Waals surface area contributed by atoms with Crippen molar-refractivity contribution >= 4 is 8.80 Å². The van der Waals surface area contributed by atoms with Crippen molar-refractivity contribution in [1.82, 2.24) is 0 Å². The monoisotopic (exact) mass is 214 g/mol. The Kier molecular flexibility index (Phi) is 6.04. The van der Waals surface area contributed by atoms with Crippen molar-refractivity contribution in [1.29, 1.82) is 0 Å². The van der Waals surface area contributed by atoms with E-state index in [1.165, 1.54) is 18.1 Å². The third kappa shape index (κ3) is 8.80. The summed E-state index contributed by atoms with van der Waals surface area (Å²) in [5, 5.41) is 0. The van der Waals surface area contributed by atoms with E-state index in [1.807, 2.05) is 0 Å². The zero-order valence-corrected chi connectivity index (χ0v) is 12.5. The van der Waals surface area contributed by atoms with Gasteiger partial charge in [-0.05, 0) is 17.3 Å². The SMILES string of the molecule is CC(C)C[SiH](CC(C)C)CC(C)(C)C. The Bertz CT molecular complexity index is 132. The van der Waals surface area contributed by atoms with Crippen molar-refractivity contribution in [3.63, 3.8) is 0 Å². The number of hydrogen-bond acceptors (Lipinski definition) is 0. The van der Waals surface area contributed by atoms with E-state index >= 15 is 0 Å². The molecule has 0 heterocycles. The van der Waals surface area contributed by atoms with Crippen LogP contribution in [0.1, 0.15) is 48.5 Å². The Morgan fingerprint density at radius 2 is 1.21 bits per heavy atom. The minimum absolute atomic E-state index is 0.475. The molecular formula is C13H30Si. The van der Waals surface area contributed by atoms with Crippen LogP contribution in [-0.4, -0.2) is 8.80 Å². The third-order valence-electron chi connectivity index (χ3n) is 2.51. The first kappa shape index (κ1) is 14.2. The molecule has 0 aromatic heterocycles. The summed E-state index contributed by atoms with van der Waals surface area (Å²) in [7, 11) is -0.475. The van der Waals surface area contributed by atoms with Gasteiger partial charge in [-0.1, -0.05) is 66.6 Å². The number of rotatable bonds is 5. The van der Waals surface area contributed by atoms with Gasteiger partial charge < -0.3 is 0 Å². The summed E-state index contributed by atoms with van der Waals surface area (Å²) >= 11 is 0. The highest BCUT2D eigenvalue weighted by molar-refractivity contribution is 6.59. The zero-order chi connectivity index (χ0) is 11.4. The fourth-order valence-electron chi connectivity index (χ4n) is 2.46. The van der Waals surface area contributed by atoms with Crippen molar-refractivity contribution < 1.29 is 0 Å². The number of hydrogen-bond donors (Lipinski definition) is 0. The topological polar surface area (TPSA) is 0 Å². The second-order valence-corrected chi connectivity index (χ2v) is 9.97. The van der Waals surface area contributed by atoms with Gasteiger partial charge in [-0.3, -0.25) is 0 Å². The summed E-state index contributed by atoms with van der Waals surface area (Å²) in [5.41, 5.74) is 0.556. The highest BCUT2D eigenvalue weighted by Gasteiger charge is 2.21. The maximum Gasteiger partial charge on any atom is 0.0378 e. The molecular weight excluding hydrogens is 184 g/mol. The van der Waals surface area contributed by atoms with Gasteiger partial charge in [0.25, 0.3) is 0 Å². The molecule has 0 aromatic carbocycles. The van der Waals surface area contributed by atoms with Crippen LogP contribution in [-0.2, 0) is 0 Å². The molecule has 0 nitrogen and oxygen atoms in total. The zero-order valence-electron chi connectivity index (χ0n) is 11.4. The van der Waals surface area contributed by atoms with Gasteiger partial charge in [0, 0.05) is 8.80 Å². The smallest absolute Gasteiger partial charge is 0.0378 e. The van der Waals surface area contributed by atoms with Crippen LogP contribution in [0.5, 0.6) is 0 Å². The predicted molar refractivity (Wildman–Crippen MR) is 70.7 cm³/mol. The summed E-state index contributed by atoms with van der Waals surface area (Å²) in [6.45, 7) is 16.7. The van der Waals surface area contributed by atoms with Crippen LogP contribution in [0, 0.1) is 17.3 Å². The van der Waals surface area contributed by atoms with E-state index in [9.17, 15) is 0 Å². The van der Waals surface area contributed by atoms with Gasteiger partial charge in [0.2, 0.25) is 0 Å². The van der Waals surface area contributed by atoms with Crippen molar-refractivity contribution in [2.45, 2.75) is 66.6 Å². The van der Waals surface area contributed by atoms with Crippen molar-refractivity contribution in [3.05, 3.63) is 0 Å². The first-order valence-electron chi connectivity index (χ1n) is 6.20. The van der Waals surface area contributed by atoms with Crippen molar-refractivity contribution in [2.75, 3.05) is 0 Å². The molecule has 14 heavy (non-hydrogen) atoms. The summed E-state index contributed by atoms with van der Waals surface area (Å²) in [6.07, 6.45) is 0. The van der Waals surface area contributed by atoms with E-state index in [0.29, 0.717) is 5.41 Å². The molecule has 0 aliphatic rings. The van der Waals surface area contributed by atoms with Gasteiger partial charge in [-0.25, -0.2) is 0 Å². The van der Waals surface area contributed by atoms with Gasteiger partial charge in [0.15, 0.2) is 0 Å². The molecule has 0 N–H and O–H groups in total. The summed E-state index contributed by atoms with van der Waals surface area (Å²) in [5.74, 6) is 1.82. The van der Waals surface area contributed by atoms with Crippen LogP contribution in [0.15, 0.2) is 0 Å². The minimum Gasteiger partial charge on any atom is -0.0631 e. The fraction of sp³-hybridized carbons (Fsp3) is 1.00. The van der Waals surface area contributed by atoms with E-state index < -0.39 is 8.80 Å². The average molecular weight is 214 g/mol. The molecule has 0 aliphatic heterocycles. The standard InChI is InChI=1S/C13H30Si/c1-11(2)8-14(9-12(3)4)10-13(5,6)7/h11-12,14H,8-10H2,1-7H3. The quantitative estimate of drug-likeness (QED) is 0.588. The van der Waals surface area contributed by atoms with Crippen LogP contribution in [0.3, 0.4) is 0 Å². The Balaban J connectivity index is 4.11. The molecule has 0 saturated heterocycles. The first-order valence-corrected chi connectivity index (χ1v) is 8.65. The molecule has 1 heteroatoms. The van der Waals surface area contributed by atoms with Gasteiger partial charge in [-0.15, -0.1) is 0 Å². The van der Waals surface area contributed by atoms with Crippen LogP contribution < -0.4 is 0 Å². The predicted octanol–water partition coefficient (Wildman–Crippen LogP) is 4.57. The van der Waals surface area contributed by atoms with Crippen LogP contribution in [0.25, 0.3) is 0 Å². The average Bonchev–Trinajstić information content (AvgIpc) is 1.77. The van der Waals surface area contributed by atoms with Gasteiger partial charge in [-0.2, -0.15) is 0 Å². The van der Waals surface area contributed by atoms with Crippen molar-refractivity contribution in [3.8, 4) is 0 Å². The van der Waals surface area contributed by atoms with Gasteiger partial charge in [0.05, 0.1) is 0 Å². The Morgan fingerprint density at radius 1 is 0.857 bits per heavy atom. The van der Waals surface area contributed by atoms with Gasteiger partial charge in [0.1, 0.15) is 0 Å². The van der Waals surface area contributed by atoms with Crippen LogP contribution in [0.4, 0.5) is 0 Å². The Hall–Kier alpha value is 0.217. The van der Waals surface area contributed by atoms with Crippen LogP contribution >= 0.6 is 0 Å². The molecule has 0 unspecified atom stereocenters. The maximum atomic E-state index is 2.40. The van der Waals surface area contributed by atoms with E-state index in [4.69, 9.17) is 0 Å². The molecule has 0 rings (SSSR count). The molecule has 0 radical (unpaired) electrons. The molecule has 0 bridgehead atoms. The van der Waals surface area contributed by atoms with Crippen molar-refractivity contribution in [2.24, 2.45) is 17.3 Å². The molecule has 0 saturated carbocycles. The molecule has 0 amide bonds. The lowest BCUT2D eigenvalue weighted by molar-refractivity contribution is 0.459. The maximum absolute atomic E-state index is 2.40. The van der Waals surface area contributed by atoms with E-state index in [0.717, 1.165) is 11.8 Å². The third-order valence-corrected chi connectivity index (χ3v) is 7.53. The van der Waals surface area contributed by atoms with Gasteiger partial charge >= 0.3 is 0 Å². The highest BCUT2D eigenvalue weighted by atomic mass is 28.3. The summed E-state index contributed by atoms with van der Waals surface area (Å²) in [6, 6.07) is 4.59. The molecule has 0 atom stereocenters. The normalized spacial score (nSPS) is 13.3. The summed E-state index contributed by atoms with van der Waals surface area (Å²) in [4.78, 5) is 0. The molecule has 0 spiro atoms. The van der Waals surface area contributed by atoms with E-state index in [1.54, 1.807) is 0 Å². The second kappa shape index (κ2) is 5.94. The highest BCUT2D eigenvalue weighted by Crippen LogP contribution is 2.28. The minimum atomic E-state index is -0.475. The lowest BCUT2D eigenvalue weighted by Crippen LogP contribution is -2.23. The molecule has 0 aromatic rings. The first-order chi connectivity index (χ1) is 6.20. The summed E-state index contributed by atoms with van der Waals surface area (Å²) < 4.78 is 0. The van der Waals surface area contributed by atoms with Crippen LogP contribution in [0.2, 0.25) is 18.1 Å². The van der Waals surface area contributed by atoms with E-state index in [-0.39, 0.29) is 0 Å². The molecule has 0 fully saturated rings. The Morgan fingerprint density at radius 3 is 1.43 bits per heavy atom.